The van der Waals surface area contributed by atoms with E-state index in [4.69, 9.17) is 5.73 Å². The summed E-state index contributed by atoms with van der Waals surface area (Å²) in [5.74, 6) is -0.193. The average Bonchev–Trinajstić information content (AvgIpc) is 2.36. The van der Waals surface area contributed by atoms with E-state index < -0.39 is 0 Å². The van der Waals surface area contributed by atoms with Crippen molar-refractivity contribution in [3.8, 4) is 0 Å². The van der Waals surface area contributed by atoms with E-state index in [1.165, 1.54) is 0 Å². The number of benzene rings is 2. The van der Waals surface area contributed by atoms with Gasteiger partial charge in [0.05, 0.1) is 11.3 Å². The minimum atomic E-state index is -0.193. The molecule has 0 aromatic heterocycles. The summed E-state index contributed by atoms with van der Waals surface area (Å²) in [6.07, 6.45) is 0. The lowest BCUT2D eigenvalue weighted by atomic mass is 10.2. The van der Waals surface area contributed by atoms with Gasteiger partial charge in [-0.1, -0.05) is 0 Å². The fourth-order valence-corrected chi connectivity index (χ4v) is 3.90. The molecule has 3 nitrogen and oxygen atoms in total. The predicted octanol–water partition coefficient (Wildman–Crippen LogP) is 5.41. The van der Waals surface area contributed by atoms with Crippen molar-refractivity contribution in [3.63, 3.8) is 0 Å². The van der Waals surface area contributed by atoms with Gasteiger partial charge in [0.1, 0.15) is 0 Å². The number of carbonyl (C=O) groups excluding carboxylic acids is 1. The summed E-state index contributed by atoms with van der Waals surface area (Å²) in [4.78, 5) is 12.4. The summed E-state index contributed by atoms with van der Waals surface area (Å²) in [5, 5.41) is 2.87. The molecule has 0 spiro atoms. The number of hydrogen-bond acceptors (Lipinski definition) is 2. The van der Waals surface area contributed by atoms with Gasteiger partial charge in [0.15, 0.2) is 0 Å². The molecule has 104 valence electrons. The normalized spacial score (nSPS) is 10.4. The molecule has 0 heterocycles. The van der Waals surface area contributed by atoms with Crippen LogP contribution in [0.3, 0.4) is 0 Å². The average molecular weight is 575 g/mol. The van der Waals surface area contributed by atoms with Crippen LogP contribution in [0.5, 0.6) is 0 Å². The molecule has 0 fully saturated rings. The van der Waals surface area contributed by atoms with Gasteiger partial charge < -0.3 is 11.1 Å². The Bertz CT molecular complexity index is 668. The van der Waals surface area contributed by atoms with Gasteiger partial charge in [0, 0.05) is 22.7 Å². The molecule has 0 atom stereocenters. The highest BCUT2D eigenvalue weighted by Gasteiger charge is 2.14. The molecule has 0 bridgehead atoms. The molecule has 0 aliphatic carbocycles. The third-order valence-corrected chi connectivity index (χ3v) is 5.09. The van der Waals surface area contributed by atoms with Crippen molar-refractivity contribution in [2.45, 2.75) is 0 Å². The lowest BCUT2D eigenvalue weighted by molar-refractivity contribution is 0.102. The molecule has 3 N–H and O–H groups in total. The number of halogens is 4. The first-order valence-corrected chi connectivity index (χ1v) is 8.85. The van der Waals surface area contributed by atoms with Gasteiger partial charge in [-0.3, -0.25) is 4.79 Å². The van der Waals surface area contributed by atoms with Crippen molar-refractivity contribution in [1.29, 1.82) is 0 Å². The smallest absolute Gasteiger partial charge is 0.256 e. The van der Waals surface area contributed by atoms with Gasteiger partial charge in [-0.25, -0.2) is 0 Å². The summed E-state index contributed by atoms with van der Waals surface area (Å²) < 4.78 is 3.18. The lowest BCUT2D eigenvalue weighted by Gasteiger charge is -2.12. The Hall–Kier alpha value is -0.120. The third kappa shape index (κ3) is 3.75. The first-order valence-electron chi connectivity index (χ1n) is 5.39. The molecule has 2 aromatic carbocycles. The minimum absolute atomic E-state index is 0.193. The van der Waals surface area contributed by atoms with Crippen LogP contribution in [0, 0.1) is 3.57 Å². The fourth-order valence-electron chi connectivity index (χ4n) is 1.56. The highest BCUT2D eigenvalue weighted by Crippen LogP contribution is 2.34. The predicted molar refractivity (Wildman–Crippen MR) is 101 cm³/mol. The Morgan fingerprint density at radius 3 is 2.25 bits per heavy atom. The van der Waals surface area contributed by atoms with Crippen LogP contribution in [-0.2, 0) is 0 Å². The van der Waals surface area contributed by atoms with Crippen LogP contribution in [-0.4, -0.2) is 5.91 Å². The molecule has 0 saturated carbocycles. The Morgan fingerprint density at radius 2 is 1.65 bits per heavy atom. The zero-order chi connectivity index (χ0) is 14.9. The second kappa shape index (κ2) is 6.76. The zero-order valence-electron chi connectivity index (χ0n) is 9.88. The summed E-state index contributed by atoms with van der Waals surface area (Å²) in [6.45, 7) is 0. The molecule has 0 unspecified atom stereocenters. The van der Waals surface area contributed by atoms with Crippen LogP contribution in [0.15, 0.2) is 43.7 Å². The molecule has 2 rings (SSSR count). The number of nitrogen functional groups attached to an aromatic ring is 1. The first-order chi connectivity index (χ1) is 9.38. The summed E-state index contributed by atoms with van der Waals surface area (Å²) in [7, 11) is 0. The fraction of sp³-hybridized carbons (Fsp3) is 0. The van der Waals surface area contributed by atoms with Crippen molar-refractivity contribution in [2.75, 3.05) is 11.1 Å². The van der Waals surface area contributed by atoms with E-state index in [9.17, 15) is 4.79 Å². The molecule has 0 saturated heterocycles. The quantitative estimate of drug-likeness (QED) is 0.372. The molecular weight excluding hydrogens is 567 g/mol. The second-order valence-electron chi connectivity index (χ2n) is 3.94. The van der Waals surface area contributed by atoms with Crippen molar-refractivity contribution in [3.05, 3.63) is 52.9 Å². The van der Waals surface area contributed by atoms with Crippen molar-refractivity contribution in [2.24, 2.45) is 0 Å². The SMILES string of the molecule is Nc1cc(Br)c(NC(=O)c2cc(I)ccc2Br)c(Br)c1. The Balaban J connectivity index is 2.35. The van der Waals surface area contributed by atoms with E-state index in [2.05, 4.69) is 75.7 Å². The Morgan fingerprint density at radius 1 is 1.05 bits per heavy atom. The van der Waals surface area contributed by atoms with Gasteiger partial charge in [-0.15, -0.1) is 0 Å². The molecule has 0 radical (unpaired) electrons. The van der Waals surface area contributed by atoms with Crippen molar-refractivity contribution in [1.82, 2.24) is 0 Å². The number of nitrogens with two attached hydrogens (primary N) is 1. The van der Waals surface area contributed by atoms with Gasteiger partial charge in [-0.05, 0) is 101 Å². The van der Waals surface area contributed by atoms with E-state index in [-0.39, 0.29) is 5.91 Å². The summed E-state index contributed by atoms with van der Waals surface area (Å²) in [5.41, 5.74) is 7.57. The number of amides is 1. The zero-order valence-corrected chi connectivity index (χ0v) is 16.8. The van der Waals surface area contributed by atoms with Gasteiger partial charge in [0.25, 0.3) is 5.91 Å². The Labute approximate surface area is 155 Å². The van der Waals surface area contributed by atoms with Crippen LogP contribution in [0.25, 0.3) is 0 Å². The topological polar surface area (TPSA) is 55.1 Å². The second-order valence-corrected chi connectivity index (χ2v) is 7.75. The molecule has 20 heavy (non-hydrogen) atoms. The number of hydrogen-bond donors (Lipinski definition) is 2. The van der Waals surface area contributed by atoms with Gasteiger partial charge in [0.2, 0.25) is 0 Å². The molecule has 0 aliphatic rings. The molecule has 7 heteroatoms. The number of nitrogens with one attached hydrogen (secondary N) is 1. The molecule has 2 aromatic rings. The number of carbonyl (C=O) groups is 1. The van der Waals surface area contributed by atoms with Crippen molar-refractivity contribution >= 4 is 87.7 Å². The van der Waals surface area contributed by atoms with Crippen LogP contribution in [0.2, 0.25) is 0 Å². The summed E-state index contributed by atoms with van der Waals surface area (Å²) in [6, 6.07) is 9.08. The van der Waals surface area contributed by atoms with E-state index in [0.717, 1.165) is 17.0 Å². The van der Waals surface area contributed by atoms with Gasteiger partial charge >= 0.3 is 0 Å². The monoisotopic (exact) mass is 572 g/mol. The third-order valence-electron chi connectivity index (χ3n) is 2.48. The minimum Gasteiger partial charge on any atom is -0.399 e. The van der Waals surface area contributed by atoms with Crippen LogP contribution >= 0.6 is 70.4 Å². The maximum atomic E-state index is 12.4. The van der Waals surface area contributed by atoms with Crippen LogP contribution < -0.4 is 11.1 Å². The number of rotatable bonds is 2. The molecular formula is C13H8Br3IN2O. The van der Waals surface area contributed by atoms with Crippen molar-refractivity contribution < 1.29 is 4.79 Å². The van der Waals surface area contributed by atoms with E-state index in [1.54, 1.807) is 12.1 Å². The highest BCUT2D eigenvalue weighted by atomic mass is 127. The van der Waals surface area contributed by atoms with Crippen LogP contribution in [0.1, 0.15) is 10.4 Å². The maximum Gasteiger partial charge on any atom is 0.256 e. The van der Waals surface area contributed by atoms with Gasteiger partial charge in [-0.2, -0.15) is 0 Å². The summed E-state index contributed by atoms with van der Waals surface area (Å²) >= 11 is 12.3. The lowest BCUT2D eigenvalue weighted by Crippen LogP contribution is -2.13. The Kier molecular flexibility index (Phi) is 5.49. The maximum absolute atomic E-state index is 12.4. The molecule has 0 aliphatic heterocycles. The molecule has 1 amide bonds. The van der Waals surface area contributed by atoms with E-state index in [0.29, 0.717) is 16.9 Å². The standard InChI is InChI=1S/C13H8Br3IN2O/c14-9-2-1-6(17)3-8(9)13(20)19-12-10(15)4-7(18)5-11(12)16/h1-5H,18H2,(H,19,20). The van der Waals surface area contributed by atoms with E-state index >= 15 is 0 Å². The largest absolute Gasteiger partial charge is 0.399 e. The van der Waals surface area contributed by atoms with E-state index in [1.807, 2.05) is 18.2 Å². The number of anilines is 2. The first kappa shape index (κ1) is 16.3. The highest BCUT2D eigenvalue weighted by molar-refractivity contribution is 14.1. The van der Waals surface area contributed by atoms with Crippen LogP contribution in [0.4, 0.5) is 11.4 Å².